The van der Waals surface area contributed by atoms with Gasteiger partial charge in [-0.05, 0) is 23.4 Å². The van der Waals surface area contributed by atoms with E-state index in [0.717, 1.165) is 16.9 Å². The first-order valence-electron chi connectivity index (χ1n) is 4.53. The van der Waals surface area contributed by atoms with E-state index in [2.05, 4.69) is 4.74 Å². The van der Waals surface area contributed by atoms with Crippen molar-refractivity contribution in [3.05, 3.63) is 21.9 Å². The molecule has 0 saturated carbocycles. The van der Waals surface area contributed by atoms with Gasteiger partial charge in [-0.15, -0.1) is 11.3 Å². The lowest BCUT2D eigenvalue weighted by Crippen LogP contribution is -2.05. The van der Waals surface area contributed by atoms with E-state index in [0.29, 0.717) is 0 Å². The van der Waals surface area contributed by atoms with Crippen LogP contribution in [-0.4, -0.2) is 11.9 Å². The van der Waals surface area contributed by atoms with Crippen molar-refractivity contribution in [2.45, 2.75) is 25.7 Å². The Hall–Kier alpha value is -1.16. The first-order valence-corrected chi connectivity index (χ1v) is 5.41. The van der Waals surface area contributed by atoms with Gasteiger partial charge in [0.1, 0.15) is 5.92 Å². The Morgan fingerprint density at radius 2 is 2.36 bits per heavy atom. The fourth-order valence-electron chi connectivity index (χ4n) is 1.62. The van der Waals surface area contributed by atoms with Crippen LogP contribution in [0.3, 0.4) is 0 Å². The Balaban J connectivity index is 2.31. The average molecular weight is 210 g/mol. The van der Waals surface area contributed by atoms with Gasteiger partial charge in [-0.25, -0.2) is 0 Å². The Bertz CT molecular complexity index is 380. The molecule has 1 aromatic heterocycles. The van der Waals surface area contributed by atoms with E-state index in [4.69, 9.17) is 0 Å². The van der Waals surface area contributed by atoms with E-state index in [1.165, 1.54) is 11.3 Å². The highest BCUT2D eigenvalue weighted by molar-refractivity contribution is 7.10. The molecular formula is C10H10O3S. The first-order chi connectivity index (χ1) is 6.72. The smallest absolute Gasteiger partial charge is 0.322 e. The molecule has 74 valence electrons. The molecule has 2 rings (SSSR count). The molecule has 2 heterocycles. The van der Waals surface area contributed by atoms with Gasteiger partial charge in [0, 0.05) is 4.88 Å². The number of esters is 2. The van der Waals surface area contributed by atoms with E-state index in [1.807, 2.05) is 18.4 Å². The average Bonchev–Trinajstić information content (AvgIpc) is 2.71. The highest BCUT2D eigenvalue weighted by atomic mass is 32.1. The molecule has 3 nitrogen and oxygen atoms in total. The molecular weight excluding hydrogens is 200 g/mol. The third-order valence-electron chi connectivity index (χ3n) is 2.35. The molecule has 1 aliphatic rings. The molecule has 0 radical (unpaired) electrons. The number of carbonyl (C=O) groups is 2. The number of cyclic esters (lactones) is 2. The van der Waals surface area contributed by atoms with Gasteiger partial charge < -0.3 is 4.74 Å². The van der Waals surface area contributed by atoms with Crippen LogP contribution < -0.4 is 0 Å². The van der Waals surface area contributed by atoms with Crippen molar-refractivity contribution in [2.75, 3.05) is 0 Å². The van der Waals surface area contributed by atoms with Gasteiger partial charge in [-0.1, -0.05) is 6.92 Å². The van der Waals surface area contributed by atoms with Gasteiger partial charge in [-0.3, -0.25) is 9.59 Å². The standard InChI is InChI=1S/C10H10O3S/c1-2-6-3-4-14-9(6)7-5-8(11)13-10(7)12/h3-4,7H,2,5H2,1H3. The van der Waals surface area contributed by atoms with Crippen LogP contribution >= 0.6 is 11.3 Å². The minimum absolute atomic E-state index is 0.201. The van der Waals surface area contributed by atoms with Crippen LogP contribution in [0.5, 0.6) is 0 Å². The summed E-state index contributed by atoms with van der Waals surface area (Å²) in [5.41, 5.74) is 1.15. The Kier molecular flexibility index (Phi) is 2.37. The van der Waals surface area contributed by atoms with Gasteiger partial charge in [0.15, 0.2) is 0 Å². The van der Waals surface area contributed by atoms with Crippen molar-refractivity contribution in [3.63, 3.8) is 0 Å². The van der Waals surface area contributed by atoms with Crippen LogP contribution in [0.1, 0.15) is 29.7 Å². The molecule has 1 aromatic rings. The van der Waals surface area contributed by atoms with Crippen LogP contribution in [0.25, 0.3) is 0 Å². The molecule has 0 spiro atoms. The molecule has 1 atom stereocenters. The van der Waals surface area contributed by atoms with Crippen LogP contribution in [-0.2, 0) is 20.7 Å². The fourth-order valence-corrected chi connectivity index (χ4v) is 2.71. The molecule has 0 N–H and O–H groups in total. The maximum absolute atomic E-state index is 11.3. The van der Waals surface area contributed by atoms with Crippen LogP contribution in [0, 0.1) is 0 Å². The number of aryl methyl sites for hydroxylation is 1. The summed E-state index contributed by atoms with van der Waals surface area (Å²) in [5.74, 6) is -1.15. The van der Waals surface area contributed by atoms with E-state index < -0.39 is 11.9 Å². The highest BCUT2D eigenvalue weighted by Crippen LogP contribution is 2.33. The van der Waals surface area contributed by atoms with E-state index in [9.17, 15) is 9.59 Å². The molecule has 0 amide bonds. The topological polar surface area (TPSA) is 43.4 Å². The quantitative estimate of drug-likeness (QED) is 0.553. The van der Waals surface area contributed by atoms with Crippen molar-refractivity contribution in [1.82, 2.24) is 0 Å². The Morgan fingerprint density at radius 3 is 2.93 bits per heavy atom. The SMILES string of the molecule is CCc1ccsc1C1CC(=O)OC1=O. The zero-order valence-corrected chi connectivity index (χ0v) is 8.60. The summed E-state index contributed by atoms with van der Waals surface area (Å²) in [6, 6.07) is 2.00. The normalized spacial score (nSPS) is 21.4. The molecule has 4 heteroatoms. The molecule has 0 aliphatic carbocycles. The summed E-state index contributed by atoms with van der Waals surface area (Å²) < 4.78 is 4.53. The van der Waals surface area contributed by atoms with Gasteiger partial charge >= 0.3 is 11.9 Å². The number of hydrogen-bond acceptors (Lipinski definition) is 4. The number of ether oxygens (including phenoxy) is 1. The number of thiophene rings is 1. The molecule has 14 heavy (non-hydrogen) atoms. The van der Waals surface area contributed by atoms with E-state index in [-0.39, 0.29) is 12.3 Å². The molecule has 1 aliphatic heterocycles. The van der Waals surface area contributed by atoms with Crippen LogP contribution in [0.4, 0.5) is 0 Å². The van der Waals surface area contributed by atoms with Gasteiger partial charge in [0.05, 0.1) is 6.42 Å². The minimum Gasteiger partial charge on any atom is -0.393 e. The van der Waals surface area contributed by atoms with E-state index in [1.54, 1.807) is 0 Å². The largest absolute Gasteiger partial charge is 0.393 e. The predicted molar refractivity (Wildman–Crippen MR) is 52.2 cm³/mol. The van der Waals surface area contributed by atoms with Crippen molar-refractivity contribution in [2.24, 2.45) is 0 Å². The molecule has 0 aromatic carbocycles. The number of hydrogen-bond donors (Lipinski definition) is 0. The second-order valence-electron chi connectivity index (χ2n) is 3.21. The number of carbonyl (C=O) groups excluding carboxylic acids is 2. The number of rotatable bonds is 2. The lowest BCUT2D eigenvalue weighted by Gasteiger charge is -2.03. The second-order valence-corrected chi connectivity index (χ2v) is 4.16. The summed E-state index contributed by atoms with van der Waals surface area (Å²) >= 11 is 1.52. The zero-order valence-electron chi connectivity index (χ0n) is 7.78. The maximum Gasteiger partial charge on any atom is 0.322 e. The van der Waals surface area contributed by atoms with Crippen LogP contribution in [0.2, 0.25) is 0 Å². The summed E-state index contributed by atoms with van der Waals surface area (Å²) in [5, 5.41) is 1.95. The van der Waals surface area contributed by atoms with Gasteiger partial charge in [0.25, 0.3) is 0 Å². The maximum atomic E-state index is 11.3. The summed E-state index contributed by atoms with van der Waals surface area (Å²) in [6.45, 7) is 2.04. The second kappa shape index (κ2) is 3.53. The summed E-state index contributed by atoms with van der Waals surface area (Å²) in [4.78, 5) is 23.2. The third kappa shape index (κ3) is 1.46. The summed E-state index contributed by atoms with van der Waals surface area (Å²) in [6.07, 6.45) is 1.09. The van der Waals surface area contributed by atoms with Gasteiger partial charge in [0.2, 0.25) is 0 Å². The monoisotopic (exact) mass is 210 g/mol. The fraction of sp³-hybridized carbons (Fsp3) is 0.400. The predicted octanol–water partition coefficient (Wildman–Crippen LogP) is 1.87. The van der Waals surface area contributed by atoms with Crippen molar-refractivity contribution in [1.29, 1.82) is 0 Å². The summed E-state index contributed by atoms with van der Waals surface area (Å²) in [7, 11) is 0. The molecule has 0 bridgehead atoms. The zero-order chi connectivity index (χ0) is 10.1. The first kappa shape index (κ1) is 9.40. The lowest BCUT2D eigenvalue weighted by atomic mass is 10.0. The third-order valence-corrected chi connectivity index (χ3v) is 3.42. The van der Waals surface area contributed by atoms with Gasteiger partial charge in [-0.2, -0.15) is 0 Å². The Morgan fingerprint density at radius 1 is 1.57 bits per heavy atom. The molecule has 1 saturated heterocycles. The van der Waals surface area contributed by atoms with E-state index >= 15 is 0 Å². The van der Waals surface area contributed by atoms with Crippen molar-refractivity contribution < 1.29 is 14.3 Å². The Labute approximate surface area is 85.7 Å². The minimum atomic E-state index is -0.407. The molecule has 1 fully saturated rings. The lowest BCUT2D eigenvalue weighted by molar-refractivity contribution is -0.152. The van der Waals surface area contributed by atoms with Crippen molar-refractivity contribution >= 4 is 23.3 Å². The highest BCUT2D eigenvalue weighted by Gasteiger charge is 2.36. The van der Waals surface area contributed by atoms with Crippen LogP contribution in [0.15, 0.2) is 11.4 Å². The molecule has 1 unspecified atom stereocenters. The van der Waals surface area contributed by atoms with Crippen molar-refractivity contribution in [3.8, 4) is 0 Å².